The van der Waals surface area contributed by atoms with E-state index in [9.17, 15) is 9.59 Å². The summed E-state index contributed by atoms with van der Waals surface area (Å²) in [5, 5.41) is 5.12. The highest BCUT2D eigenvalue weighted by Crippen LogP contribution is 2.26. The van der Waals surface area contributed by atoms with E-state index in [-0.39, 0.29) is 11.8 Å². The largest absolute Gasteiger partial charge is 0.462 e. The number of hydrogen-bond donors (Lipinski definition) is 1. The fraction of sp³-hybridized carbons (Fsp3) is 0.357. The van der Waals surface area contributed by atoms with Crippen LogP contribution in [-0.2, 0) is 4.79 Å². The lowest BCUT2D eigenvalue weighted by molar-refractivity contribution is -0.133. The highest BCUT2D eigenvalue weighted by atomic mass is 32.1. The van der Waals surface area contributed by atoms with Crippen LogP contribution in [0.2, 0.25) is 0 Å². The van der Waals surface area contributed by atoms with Crippen molar-refractivity contribution in [1.82, 2.24) is 15.2 Å². The molecule has 110 valence electrons. The second-order valence-electron chi connectivity index (χ2n) is 5.29. The number of carbonyl (C=O) groups excluding carboxylic acids is 2. The molecule has 2 aromatic rings. The lowest BCUT2D eigenvalue weighted by Gasteiger charge is -2.40. The molecule has 1 fully saturated rings. The van der Waals surface area contributed by atoms with Crippen LogP contribution in [0.4, 0.5) is 0 Å². The van der Waals surface area contributed by atoms with E-state index >= 15 is 0 Å². The third-order valence-corrected chi connectivity index (χ3v) is 4.41. The van der Waals surface area contributed by atoms with Gasteiger partial charge < -0.3 is 14.6 Å². The van der Waals surface area contributed by atoms with Gasteiger partial charge in [0.15, 0.2) is 10.8 Å². The summed E-state index contributed by atoms with van der Waals surface area (Å²) in [6.07, 6.45) is 1.57. The number of thiazole rings is 1. The van der Waals surface area contributed by atoms with Crippen molar-refractivity contribution < 1.29 is 14.0 Å². The molecule has 0 aromatic carbocycles. The van der Waals surface area contributed by atoms with Gasteiger partial charge in [0, 0.05) is 18.5 Å². The Hall–Kier alpha value is -2.15. The first-order chi connectivity index (χ1) is 10.00. The summed E-state index contributed by atoms with van der Waals surface area (Å²) < 4.78 is 5.27. The molecule has 0 aliphatic carbocycles. The van der Waals surface area contributed by atoms with E-state index in [4.69, 9.17) is 4.42 Å². The fourth-order valence-corrected chi connectivity index (χ4v) is 3.04. The highest BCUT2D eigenvalue weighted by Gasteiger charge is 2.41. The molecule has 2 aromatic heterocycles. The van der Waals surface area contributed by atoms with Crippen LogP contribution in [0.15, 0.2) is 28.2 Å². The van der Waals surface area contributed by atoms with E-state index in [2.05, 4.69) is 10.3 Å². The molecule has 0 atom stereocenters. The molecule has 6 nitrogen and oxygen atoms in total. The van der Waals surface area contributed by atoms with Gasteiger partial charge in [-0.3, -0.25) is 9.59 Å². The van der Waals surface area contributed by atoms with Gasteiger partial charge in [0.2, 0.25) is 5.91 Å². The number of aromatic nitrogens is 1. The minimum Gasteiger partial charge on any atom is -0.462 e. The van der Waals surface area contributed by atoms with Crippen molar-refractivity contribution in [3.05, 3.63) is 29.5 Å². The maximum absolute atomic E-state index is 12.6. The molecule has 1 aliphatic rings. The van der Waals surface area contributed by atoms with E-state index in [0.717, 1.165) is 0 Å². The van der Waals surface area contributed by atoms with Crippen LogP contribution in [-0.4, -0.2) is 40.3 Å². The van der Waals surface area contributed by atoms with Crippen LogP contribution in [0.5, 0.6) is 0 Å². The van der Waals surface area contributed by atoms with Crippen molar-refractivity contribution in [2.24, 2.45) is 0 Å². The minimum absolute atomic E-state index is 0.149. The Morgan fingerprint density at radius 1 is 1.52 bits per heavy atom. The zero-order valence-electron chi connectivity index (χ0n) is 11.8. The number of hydrogen-bond acceptors (Lipinski definition) is 5. The standard InChI is InChI=1S/C14H15N3O3S/c1-14(2)13(19)15-5-6-17(14)12(18)9-8-21-11(16-9)10-4-3-7-20-10/h3-4,7-8H,5-6H2,1-2H3,(H,15,19). The topological polar surface area (TPSA) is 75.4 Å². The average Bonchev–Trinajstić information content (AvgIpc) is 3.10. The molecule has 3 heterocycles. The molecule has 2 amide bonds. The Morgan fingerprint density at radius 2 is 2.33 bits per heavy atom. The van der Waals surface area contributed by atoms with Gasteiger partial charge in [-0.15, -0.1) is 11.3 Å². The first kappa shape index (κ1) is 13.8. The van der Waals surface area contributed by atoms with Crippen molar-refractivity contribution in [3.8, 4) is 10.8 Å². The summed E-state index contributed by atoms with van der Waals surface area (Å²) in [6, 6.07) is 3.57. The van der Waals surface area contributed by atoms with E-state index in [1.807, 2.05) is 0 Å². The highest BCUT2D eigenvalue weighted by molar-refractivity contribution is 7.13. The van der Waals surface area contributed by atoms with E-state index in [0.29, 0.717) is 29.6 Å². The van der Waals surface area contributed by atoms with Crippen LogP contribution in [0.3, 0.4) is 0 Å². The van der Waals surface area contributed by atoms with E-state index < -0.39 is 5.54 Å². The van der Waals surface area contributed by atoms with Crippen LogP contribution >= 0.6 is 11.3 Å². The number of amides is 2. The van der Waals surface area contributed by atoms with Crippen LogP contribution < -0.4 is 5.32 Å². The molecule has 0 saturated carbocycles. The Bertz CT molecular complexity index is 675. The fourth-order valence-electron chi connectivity index (χ4n) is 2.28. The predicted octanol–water partition coefficient (Wildman–Crippen LogP) is 1.75. The molecule has 0 bridgehead atoms. The van der Waals surface area contributed by atoms with Gasteiger partial charge in [-0.05, 0) is 26.0 Å². The SMILES string of the molecule is CC1(C)C(=O)NCCN1C(=O)c1csc(-c2ccco2)n1. The maximum Gasteiger partial charge on any atom is 0.274 e. The van der Waals surface area contributed by atoms with E-state index in [1.165, 1.54) is 11.3 Å². The number of piperazine rings is 1. The Morgan fingerprint density at radius 3 is 3.05 bits per heavy atom. The van der Waals surface area contributed by atoms with Crippen LogP contribution in [0.1, 0.15) is 24.3 Å². The quantitative estimate of drug-likeness (QED) is 0.917. The van der Waals surface area contributed by atoms with Crippen molar-refractivity contribution in [2.75, 3.05) is 13.1 Å². The normalized spacial score (nSPS) is 17.6. The lowest BCUT2D eigenvalue weighted by atomic mass is 9.98. The van der Waals surface area contributed by atoms with Crippen LogP contribution in [0.25, 0.3) is 10.8 Å². The molecule has 0 radical (unpaired) electrons. The molecule has 7 heteroatoms. The van der Waals surface area contributed by atoms with Crippen molar-refractivity contribution >= 4 is 23.2 Å². The molecule has 21 heavy (non-hydrogen) atoms. The lowest BCUT2D eigenvalue weighted by Crippen LogP contribution is -2.63. The van der Waals surface area contributed by atoms with Gasteiger partial charge >= 0.3 is 0 Å². The third-order valence-electron chi connectivity index (χ3n) is 3.55. The van der Waals surface area contributed by atoms with E-state index in [1.54, 1.807) is 42.5 Å². The van der Waals surface area contributed by atoms with Gasteiger partial charge in [0.05, 0.1) is 6.26 Å². The first-order valence-electron chi connectivity index (χ1n) is 6.60. The number of rotatable bonds is 2. The molecule has 1 saturated heterocycles. The summed E-state index contributed by atoms with van der Waals surface area (Å²) in [5.74, 6) is 0.252. The Labute approximate surface area is 125 Å². The number of nitrogens with zero attached hydrogens (tertiary/aromatic N) is 2. The Kier molecular flexibility index (Phi) is 3.29. The molecule has 0 spiro atoms. The average molecular weight is 305 g/mol. The number of nitrogens with one attached hydrogen (secondary N) is 1. The summed E-state index contributed by atoms with van der Waals surface area (Å²) in [4.78, 5) is 30.4. The van der Waals surface area contributed by atoms with Crippen molar-refractivity contribution in [2.45, 2.75) is 19.4 Å². The monoisotopic (exact) mass is 305 g/mol. The van der Waals surface area contributed by atoms with Gasteiger partial charge in [-0.1, -0.05) is 0 Å². The zero-order valence-corrected chi connectivity index (χ0v) is 12.6. The summed E-state index contributed by atoms with van der Waals surface area (Å²) >= 11 is 1.35. The van der Waals surface area contributed by atoms with Gasteiger partial charge in [0.1, 0.15) is 11.2 Å². The molecular weight excluding hydrogens is 290 g/mol. The molecular formula is C14H15N3O3S. The second kappa shape index (κ2) is 5.00. The van der Waals surface area contributed by atoms with Crippen molar-refractivity contribution in [3.63, 3.8) is 0 Å². The summed E-state index contributed by atoms with van der Waals surface area (Å²) in [6.45, 7) is 4.41. The zero-order chi connectivity index (χ0) is 15.0. The first-order valence-corrected chi connectivity index (χ1v) is 7.48. The summed E-state index contributed by atoms with van der Waals surface area (Å²) in [7, 11) is 0. The van der Waals surface area contributed by atoms with Crippen molar-refractivity contribution in [1.29, 1.82) is 0 Å². The van der Waals surface area contributed by atoms with Gasteiger partial charge in [0.25, 0.3) is 5.91 Å². The number of furan rings is 1. The number of carbonyl (C=O) groups is 2. The smallest absolute Gasteiger partial charge is 0.274 e. The molecule has 1 N–H and O–H groups in total. The molecule has 1 aliphatic heterocycles. The van der Waals surface area contributed by atoms with Gasteiger partial charge in [-0.25, -0.2) is 4.98 Å². The summed E-state index contributed by atoms with van der Waals surface area (Å²) in [5.41, 5.74) is -0.529. The maximum atomic E-state index is 12.6. The second-order valence-corrected chi connectivity index (χ2v) is 6.15. The third kappa shape index (κ3) is 2.33. The molecule has 0 unspecified atom stereocenters. The molecule has 3 rings (SSSR count). The minimum atomic E-state index is -0.871. The Balaban J connectivity index is 1.87. The van der Waals surface area contributed by atoms with Crippen LogP contribution in [0, 0.1) is 0 Å². The van der Waals surface area contributed by atoms with Gasteiger partial charge in [-0.2, -0.15) is 0 Å². The predicted molar refractivity (Wildman–Crippen MR) is 77.9 cm³/mol.